The number of nitrogens with zero attached hydrogens (tertiary/aromatic N) is 2. The molecule has 0 saturated carbocycles. The Labute approximate surface area is 172 Å². The van der Waals surface area contributed by atoms with Crippen molar-refractivity contribution in [2.45, 2.75) is 0 Å². The van der Waals surface area contributed by atoms with Crippen molar-refractivity contribution < 1.29 is 9.53 Å². The van der Waals surface area contributed by atoms with E-state index in [1.165, 1.54) is 4.90 Å². The summed E-state index contributed by atoms with van der Waals surface area (Å²) in [4.78, 5) is 18.9. The maximum absolute atomic E-state index is 13.1. The van der Waals surface area contributed by atoms with Crippen LogP contribution in [-0.2, 0) is 4.79 Å². The first-order valence-electron chi connectivity index (χ1n) is 8.49. The molecule has 138 valence electrons. The standard InChI is InChI=1S/C22H14Cl2N2O2/c23-16-6-10-18(11-7-16)26-21(27)20(14-15-4-2-1-3-5-15)25-22(26)28-19-12-8-17(24)9-13-19/h1-14H/b20-14-. The predicted octanol–water partition coefficient (Wildman–Crippen LogP) is 5.82. The molecule has 0 radical (unpaired) electrons. The summed E-state index contributed by atoms with van der Waals surface area (Å²) in [5, 5.41) is 1.17. The number of amides is 1. The van der Waals surface area contributed by atoms with E-state index in [1.54, 1.807) is 54.6 Å². The van der Waals surface area contributed by atoms with Crippen LogP contribution in [0.4, 0.5) is 5.69 Å². The molecule has 0 N–H and O–H groups in total. The fourth-order valence-electron chi connectivity index (χ4n) is 2.70. The minimum atomic E-state index is -0.282. The third-order valence-corrected chi connectivity index (χ3v) is 4.54. The van der Waals surface area contributed by atoms with E-state index in [2.05, 4.69) is 4.99 Å². The summed E-state index contributed by atoms with van der Waals surface area (Å²) in [6.45, 7) is 0. The van der Waals surface area contributed by atoms with Crippen molar-refractivity contribution in [3.8, 4) is 5.75 Å². The minimum Gasteiger partial charge on any atom is -0.425 e. The van der Waals surface area contributed by atoms with Crippen LogP contribution in [-0.4, -0.2) is 11.9 Å². The van der Waals surface area contributed by atoms with Gasteiger partial charge in [0, 0.05) is 10.0 Å². The first kappa shape index (κ1) is 18.3. The van der Waals surface area contributed by atoms with Crippen LogP contribution in [0.2, 0.25) is 10.0 Å². The molecule has 1 heterocycles. The van der Waals surface area contributed by atoms with E-state index in [-0.39, 0.29) is 17.6 Å². The van der Waals surface area contributed by atoms with E-state index in [1.807, 2.05) is 30.3 Å². The highest BCUT2D eigenvalue weighted by atomic mass is 35.5. The summed E-state index contributed by atoms with van der Waals surface area (Å²) < 4.78 is 5.89. The van der Waals surface area contributed by atoms with Crippen LogP contribution in [0, 0.1) is 0 Å². The molecule has 0 spiro atoms. The van der Waals surface area contributed by atoms with Crippen LogP contribution in [0.1, 0.15) is 5.56 Å². The third-order valence-electron chi connectivity index (χ3n) is 4.04. The molecule has 0 aromatic heterocycles. The molecule has 28 heavy (non-hydrogen) atoms. The van der Waals surface area contributed by atoms with Gasteiger partial charge >= 0.3 is 6.02 Å². The Bertz CT molecular complexity index is 1060. The maximum Gasteiger partial charge on any atom is 0.310 e. The number of halogens is 2. The van der Waals surface area contributed by atoms with Crippen molar-refractivity contribution in [1.29, 1.82) is 0 Å². The number of carbonyl (C=O) groups excluding carboxylic acids is 1. The molecule has 1 aliphatic rings. The SMILES string of the molecule is O=C1/C(=C/c2ccccc2)N=C(Oc2ccc(Cl)cc2)N1c1ccc(Cl)cc1. The van der Waals surface area contributed by atoms with E-state index >= 15 is 0 Å². The topological polar surface area (TPSA) is 41.9 Å². The summed E-state index contributed by atoms with van der Waals surface area (Å²) in [6, 6.07) is 23.4. The zero-order valence-corrected chi connectivity index (χ0v) is 16.1. The number of aliphatic imine (C=N–C) groups is 1. The van der Waals surface area contributed by atoms with Crippen molar-refractivity contribution in [2.24, 2.45) is 4.99 Å². The van der Waals surface area contributed by atoms with Crippen LogP contribution in [0.25, 0.3) is 6.08 Å². The van der Waals surface area contributed by atoms with E-state index in [9.17, 15) is 4.79 Å². The van der Waals surface area contributed by atoms with Crippen molar-refractivity contribution >= 4 is 46.9 Å². The normalized spacial score (nSPS) is 15.1. The van der Waals surface area contributed by atoms with Gasteiger partial charge in [0.15, 0.2) is 0 Å². The van der Waals surface area contributed by atoms with Gasteiger partial charge in [-0.3, -0.25) is 4.79 Å². The number of ether oxygens (including phenoxy) is 1. The molecule has 0 saturated heterocycles. The molecule has 6 heteroatoms. The quantitative estimate of drug-likeness (QED) is 0.512. The summed E-state index contributed by atoms with van der Waals surface area (Å²) in [7, 11) is 0. The van der Waals surface area contributed by atoms with Gasteiger partial charge in [-0.1, -0.05) is 53.5 Å². The average molecular weight is 409 g/mol. The smallest absolute Gasteiger partial charge is 0.310 e. The van der Waals surface area contributed by atoms with Gasteiger partial charge in [0.05, 0.1) is 5.69 Å². The Morgan fingerprint density at radius 1 is 0.821 bits per heavy atom. The van der Waals surface area contributed by atoms with Gasteiger partial charge in [-0.05, 0) is 60.2 Å². The van der Waals surface area contributed by atoms with Gasteiger partial charge < -0.3 is 4.74 Å². The molecule has 0 aliphatic carbocycles. The Balaban J connectivity index is 1.73. The minimum absolute atomic E-state index is 0.164. The number of benzene rings is 3. The molecular weight excluding hydrogens is 395 g/mol. The van der Waals surface area contributed by atoms with Gasteiger partial charge in [0.1, 0.15) is 11.4 Å². The zero-order chi connectivity index (χ0) is 19.5. The van der Waals surface area contributed by atoms with E-state index in [0.29, 0.717) is 21.5 Å². The lowest BCUT2D eigenvalue weighted by Crippen LogP contribution is -2.35. The molecule has 3 aromatic rings. The van der Waals surface area contributed by atoms with Gasteiger partial charge in [-0.2, -0.15) is 4.99 Å². The molecule has 0 unspecified atom stereocenters. The Morgan fingerprint density at radius 3 is 2.07 bits per heavy atom. The van der Waals surface area contributed by atoms with E-state index in [4.69, 9.17) is 27.9 Å². The molecular formula is C22H14Cl2N2O2. The van der Waals surface area contributed by atoms with Crippen molar-refractivity contribution in [1.82, 2.24) is 0 Å². The van der Waals surface area contributed by atoms with Crippen molar-refractivity contribution in [2.75, 3.05) is 4.90 Å². The monoisotopic (exact) mass is 408 g/mol. The molecule has 4 nitrogen and oxygen atoms in total. The molecule has 4 rings (SSSR count). The molecule has 0 atom stereocenters. The lowest BCUT2D eigenvalue weighted by Gasteiger charge is -2.18. The summed E-state index contributed by atoms with van der Waals surface area (Å²) in [5.74, 6) is 0.242. The number of rotatable bonds is 3. The second-order valence-electron chi connectivity index (χ2n) is 6.01. The van der Waals surface area contributed by atoms with E-state index in [0.717, 1.165) is 5.56 Å². The number of carbonyl (C=O) groups is 1. The van der Waals surface area contributed by atoms with Crippen molar-refractivity contribution in [3.05, 3.63) is 100 Å². The summed E-state index contributed by atoms with van der Waals surface area (Å²) in [5.41, 5.74) is 1.77. The second kappa shape index (κ2) is 7.89. The number of anilines is 1. The average Bonchev–Trinajstić information content (AvgIpc) is 3.00. The predicted molar refractivity (Wildman–Crippen MR) is 113 cm³/mol. The lowest BCUT2D eigenvalue weighted by molar-refractivity contribution is -0.113. The fraction of sp³-hybridized carbons (Fsp3) is 0. The highest BCUT2D eigenvalue weighted by Gasteiger charge is 2.33. The summed E-state index contributed by atoms with van der Waals surface area (Å²) in [6.07, 6.45) is 1.73. The number of hydrogen-bond donors (Lipinski definition) is 0. The largest absolute Gasteiger partial charge is 0.425 e. The van der Waals surface area contributed by atoms with Crippen LogP contribution in [0.3, 0.4) is 0 Å². The zero-order valence-electron chi connectivity index (χ0n) is 14.5. The third kappa shape index (κ3) is 3.93. The van der Waals surface area contributed by atoms with Gasteiger partial charge in [0.2, 0.25) is 0 Å². The van der Waals surface area contributed by atoms with Crippen LogP contribution in [0.15, 0.2) is 89.6 Å². The van der Waals surface area contributed by atoms with Gasteiger partial charge in [0.25, 0.3) is 5.91 Å². The summed E-state index contributed by atoms with van der Waals surface area (Å²) >= 11 is 11.9. The first-order valence-corrected chi connectivity index (χ1v) is 9.25. The van der Waals surface area contributed by atoms with E-state index < -0.39 is 0 Å². The van der Waals surface area contributed by atoms with Crippen LogP contribution >= 0.6 is 23.2 Å². The molecule has 3 aromatic carbocycles. The number of hydrogen-bond acceptors (Lipinski definition) is 3. The highest BCUT2D eigenvalue weighted by Crippen LogP contribution is 2.28. The molecule has 0 fully saturated rings. The highest BCUT2D eigenvalue weighted by molar-refractivity contribution is 6.31. The Kier molecular flexibility index (Phi) is 5.15. The second-order valence-corrected chi connectivity index (χ2v) is 6.88. The van der Waals surface area contributed by atoms with Gasteiger partial charge in [-0.25, -0.2) is 4.90 Å². The van der Waals surface area contributed by atoms with Crippen LogP contribution < -0.4 is 9.64 Å². The first-order chi connectivity index (χ1) is 13.6. The molecule has 0 bridgehead atoms. The van der Waals surface area contributed by atoms with Gasteiger partial charge in [-0.15, -0.1) is 0 Å². The Hall–Kier alpha value is -3.08. The lowest BCUT2D eigenvalue weighted by atomic mass is 10.2. The molecule has 1 aliphatic heterocycles. The maximum atomic E-state index is 13.1. The van der Waals surface area contributed by atoms with Crippen molar-refractivity contribution in [3.63, 3.8) is 0 Å². The number of amidine groups is 1. The van der Waals surface area contributed by atoms with Crippen LogP contribution in [0.5, 0.6) is 5.75 Å². The fourth-order valence-corrected chi connectivity index (χ4v) is 2.95. The Morgan fingerprint density at radius 2 is 1.43 bits per heavy atom. The molecule has 1 amide bonds.